The number of rotatable bonds is 2. The summed E-state index contributed by atoms with van der Waals surface area (Å²) < 4.78 is 21.7. The number of hydrogen-bond donors (Lipinski definition) is 2. The van der Waals surface area contributed by atoms with Crippen LogP contribution in [0.15, 0.2) is 23.1 Å². The van der Waals surface area contributed by atoms with Crippen molar-refractivity contribution >= 4 is 43.8 Å². The van der Waals surface area contributed by atoms with Crippen molar-refractivity contribution in [3.05, 3.63) is 28.2 Å². The second kappa shape index (κ2) is 4.63. The number of benzene rings is 1. The molecule has 1 rings (SSSR count). The maximum Gasteiger partial charge on any atom is 0.254 e. The fourth-order valence-electron chi connectivity index (χ4n) is 1.00. The van der Waals surface area contributed by atoms with Crippen LogP contribution in [-0.4, -0.2) is 19.5 Å². The molecule has 88 valence electrons. The standard InChI is InChI=1S/C9H9Cl2NO3S/c1-5(9(12)13)16(14,15)8-3-2-6(10)4-7(8)11/h2-4H,1H3,(H2,12,13)(H,14,15). The van der Waals surface area contributed by atoms with Crippen molar-refractivity contribution in [1.82, 2.24) is 0 Å². The summed E-state index contributed by atoms with van der Waals surface area (Å²) in [5.41, 5.74) is 4.96. The largest absolute Gasteiger partial charge is 0.365 e. The normalized spacial score (nSPS) is 14.2. The molecule has 1 amide bonds. The highest BCUT2D eigenvalue weighted by Crippen LogP contribution is 2.25. The number of nitrogens with two attached hydrogens (primary N) is 1. The van der Waals surface area contributed by atoms with Crippen molar-refractivity contribution in [2.24, 2.45) is 5.73 Å². The molecule has 0 aromatic heterocycles. The first-order chi connectivity index (χ1) is 7.26. The average molecular weight is 282 g/mol. The molecule has 0 aliphatic rings. The van der Waals surface area contributed by atoms with E-state index in [2.05, 4.69) is 0 Å². The second-order valence-corrected chi connectivity index (χ2v) is 5.97. The van der Waals surface area contributed by atoms with Crippen LogP contribution in [0.25, 0.3) is 0 Å². The van der Waals surface area contributed by atoms with Gasteiger partial charge < -0.3 is 10.3 Å². The van der Waals surface area contributed by atoms with Crippen molar-refractivity contribution in [3.63, 3.8) is 0 Å². The van der Waals surface area contributed by atoms with E-state index in [1.54, 1.807) is 0 Å². The molecule has 0 heterocycles. The lowest BCUT2D eigenvalue weighted by Crippen LogP contribution is -2.27. The molecule has 0 bridgehead atoms. The fourth-order valence-corrected chi connectivity index (χ4v) is 2.90. The molecule has 1 aromatic carbocycles. The first-order valence-electron chi connectivity index (χ1n) is 4.12. The zero-order chi connectivity index (χ0) is 12.5. The minimum Gasteiger partial charge on any atom is -0.365 e. The van der Waals surface area contributed by atoms with E-state index in [9.17, 15) is 13.6 Å². The summed E-state index contributed by atoms with van der Waals surface area (Å²) in [5, 5.41) is 0.348. The van der Waals surface area contributed by atoms with Gasteiger partial charge in [0.05, 0.1) is 14.8 Å². The molecule has 0 fully saturated rings. The number of amides is 1. The molecular formula is C9H9Cl2NO3S. The third kappa shape index (κ3) is 2.49. The summed E-state index contributed by atoms with van der Waals surface area (Å²) in [7, 11) is -3.68. The Kier molecular flexibility index (Phi) is 3.85. The molecule has 0 spiro atoms. The predicted molar refractivity (Wildman–Crippen MR) is 65.4 cm³/mol. The van der Waals surface area contributed by atoms with Gasteiger partial charge in [-0.05, 0) is 25.1 Å². The van der Waals surface area contributed by atoms with Crippen LogP contribution in [0.3, 0.4) is 0 Å². The number of carbonyl (C=O) groups is 1. The Morgan fingerprint density at radius 1 is 1.44 bits per heavy atom. The molecule has 1 aromatic rings. The zero-order valence-electron chi connectivity index (χ0n) is 8.24. The quantitative estimate of drug-likeness (QED) is 0.811. The minimum atomic E-state index is -3.68. The molecule has 0 aliphatic carbocycles. The minimum absolute atomic E-state index is 0.0144. The van der Waals surface area contributed by atoms with Gasteiger partial charge in [-0.3, -0.25) is 4.79 Å². The van der Waals surface area contributed by atoms with E-state index in [1.165, 1.54) is 25.1 Å². The summed E-state index contributed by atoms with van der Waals surface area (Å²) in [6.45, 7) is 1.19. The first kappa shape index (κ1) is 13.3. The highest BCUT2D eigenvalue weighted by molar-refractivity contribution is 7.98. The summed E-state index contributed by atoms with van der Waals surface area (Å²) in [4.78, 5) is 10.4. The van der Waals surface area contributed by atoms with E-state index in [-0.39, 0.29) is 14.8 Å². The third-order valence-corrected chi connectivity index (χ3v) is 4.60. The van der Waals surface area contributed by atoms with Gasteiger partial charge in [-0.1, -0.05) is 23.2 Å². The van der Waals surface area contributed by atoms with Gasteiger partial charge >= 0.3 is 0 Å². The number of carbonyl (C=O) groups excluding carboxylic acids is 1. The van der Waals surface area contributed by atoms with Gasteiger partial charge in [0.25, 0.3) is 5.91 Å². The lowest BCUT2D eigenvalue weighted by Gasteiger charge is -2.09. The number of primary amides is 1. The van der Waals surface area contributed by atoms with Gasteiger partial charge in [0.15, 0.2) is 0 Å². The summed E-state index contributed by atoms with van der Waals surface area (Å²) >= 11 is 11.4. The Labute approximate surface area is 103 Å². The second-order valence-electron chi connectivity index (χ2n) is 3.02. The number of halogens is 2. The molecule has 3 N–H and O–H groups in total. The maximum absolute atomic E-state index is 12.0. The SMILES string of the molecule is CC(C(N)=O)=S(=O)(O)c1ccc(Cl)cc1Cl. The van der Waals surface area contributed by atoms with Gasteiger partial charge in [-0.15, -0.1) is 0 Å². The Hall–Kier alpha value is -0.750. The maximum atomic E-state index is 12.0. The van der Waals surface area contributed by atoms with Crippen molar-refractivity contribution in [3.8, 4) is 0 Å². The Morgan fingerprint density at radius 3 is 2.44 bits per heavy atom. The Bertz CT molecular complexity index is 562. The van der Waals surface area contributed by atoms with Crippen LogP contribution >= 0.6 is 23.2 Å². The van der Waals surface area contributed by atoms with Crippen LogP contribution in [0, 0.1) is 0 Å². The lowest BCUT2D eigenvalue weighted by molar-refractivity contribution is -0.111. The highest BCUT2D eigenvalue weighted by Gasteiger charge is 2.18. The van der Waals surface area contributed by atoms with E-state index >= 15 is 0 Å². The zero-order valence-corrected chi connectivity index (χ0v) is 10.6. The smallest absolute Gasteiger partial charge is 0.254 e. The molecule has 16 heavy (non-hydrogen) atoms. The third-order valence-electron chi connectivity index (χ3n) is 1.95. The Morgan fingerprint density at radius 2 is 2.00 bits per heavy atom. The van der Waals surface area contributed by atoms with E-state index in [1.807, 2.05) is 0 Å². The van der Waals surface area contributed by atoms with Crippen molar-refractivity contribution in [2.75, 3.05) is 0 Å². The first-order valence-corrected chi connectivity index (χ1v) is 6.39. The fraction of sp³-hybridized carbons (Fsp3) is 0.111. The summed E-state index contributed by atoms with van der Waals surface area (Å²) in [6.07, 6.45) is 0. The predicted octanol–water partition coefficient (Wildman–Crippen LogP) is 1.79. The van der Waals surface area contributed by atoms with Gasteiger partial charge in [-0.25, -0.2) is 4.21 Å². The average Bonchev–Trinajstić information content (AvgIpc) is 2.15. The van der Waals surface area contributed by atoms with Crippen LogP contribution in [0.1, 0.15) is 6.92 Å². The molecule has 0 saturated heterocycles. The van der Waals surface area contributed by atoms with Crippen LogP contribution in [0.2, 0.25) is 10.0 Å². The van der Waals surface area contributed by atoms with E-state index in [0.717, 1.165) is 0 Å². The van der Waals surface area contributed by atoms with Gasteiger partial charge in [0, 0.05) is 5.02 Å². The summed E-state index contributed by atoms with van der Waals surface area (Å²) in [6, 6.07) is 4.02. The molecule has 0 aliphatic heterocycles. The summed E-state index contributed by atoms with van der Waals surface area (Å²) in [5.74, 6) is -0.946. The van der Waals surface area contributed by atoms with Crippen molar-refractivity contribution in [1.29, 1.82) is 0 Å². The lowest BCUT2D eigenvalue weighted by atomic mass is 10.4. The van der Waals surface area contributed by atoms with E-state index in [0.29, 0.717) is 5.02 Å². The van der Waals surface area contributed by atoms with E-state index in [4.69, 9.17) is 28.9 Å². The topological polar surface area (TPSA) is 80.4 Å². The van der Waals surface area contributed by atoms with Gasteiger partial charge in [-0.2, -0.15) is 0 Å². The highest BCUT2D eigenvalue weighted by atomic mass is 35.5. The van der Waals surface area contributed by atoms with Crippen molar-refractivity contribution < 1.29 is 13.6 Å². The van der Waals surface area contributed by atoms with Crippen LogP contribution in [0.5, 0.6) is 0 Å². The van der Waals surface area contributed by atoms with Gasteiger partial charge in [0.1, 0.15) is 9.80 Å². The van der Waals surface area contributed by atoms with Crippen molar-refractivity contribution in [2.45, 2.75) is 11.8 Å². The molecule has 4 nitrogen and oxygen atoms in total. The molecule has 0 saturated carbocycles. The molecular weight excluding hydrogens is 273 g/mol. The number of hydrogen-bond acceptors (Lipinski definition) is 2. The molecule has 1 unspecified atom stereocenters. The molecule has 7 heteroatoms. The monoisotopic (exact) mass is 281 g/mol. The molecule has 0 radical (unpaired) electrons. The van der Waals surface area contributed by atoms with Crippen LogP contribution < -0.4 is 5.73 Å². The van der Waals surface area contributed by atoms with Gasteiger partial charge in [0.2, 0.25) is 0 Å². The van der Waals surface area contributed by atoms with Crippen LogP contribution in [0.4, 0.5) is 0 Å². The Balaban J connectivity index is 3.57. The molecule has 1 atom stereocenters. The van der Waals surface area contributed by atoms with Crippen LogP contribution in [-0.2, 0) is 14.6 Å². The van der Waals surface area contributed by atoms with E-state index < -0.39 is 15.7 Å².